The Morgan fingerprint density at radius 1 is 1.16 bits per heavy atom. The summed E-state index contributed by atoms with van der Waals surface area (Å²) in [6.07, 6.45) is 3.39. The van der Waals surface area contributed by atoms with Crippen LogP contribution in [0, 0.1) is 5.92 Å². The van der Waals surface area contributed by atoms with E-state index in [4.69, 9.17) is 17.3 Å². The zero-order valence-corrected chi connectivity index (χ0v) is 11.8. The molecule has 2 bridgehead atoms. The number of benzene rings is 1. The lowest BCUT2D eigenvalue weighted by Gasteiger charge is -2.55. The lowest BCUT2D eigenvalue weighted by atomic mass is 9.61. The van der Waals surface area contributed by atoms with Gasteiger partial charge in [-0.05, 0) is 52.2 Å². The van der Waals surface area contributed by atoms with E-state index in [1.807, 2.05) is 12.1 Å². The molecule has 1 aromatic carbocycles. The number of ether oxygens (including phenoxy) is 2. The topological polar surface area (TPSA) is 18.5 Å². The van der Waals surface area contributed by atoms with Crippen molar-refractivity contribution in [3.05, 3.63) is 17.7 Å². The molecule has 0 aromatic heterocycles. The summed E-state index contributed by atoms with van der Waals surface area (Å²) in [5.41, 5.74) is 1.86. The highest BCUT2D eigenvalue weighted by atomic mass is 16.5. The lowest BCUT2D eigenvalue weighted by molar-refractivity contribution is -0.0725. The Kier molecular flexibility index (Phi) is 2.04. The molecule has 0 spiro atoms. The molecule has 0 saturated heterocycles. The summed E-state index contributed by atoms with van der Waals surface area (Å²) in [7, 11) is 6.00. The fraction of sp³-hybridized carbons (Fsp3) is 0.625. The van der Waals surface area contributed by atoms with Crippen LogP contribution in [0.2, 0.25) is 0 Å². The SMILES string of the molecule is [B]c1cc2c3c(c1)OC(C)(C)C1CCC(C)(CC31)O2. The molecule has 3 aliphatic rings. The van der Waals surface area contributed by atoms with E-state index in [1.54, 1.807) is 0 Å². The molecular formula is C16H19BO2. The Hall–Kier alpha value is -1.12. The Morgan fingerprint density at radius 3 is 2.58 bits per heavy atom. The Labute approximate surface area is 115 Å². The van der Waals surface area contributed by atoms with E-state index < -0.39 is 0 Å². The van der Waals surface area contributed by atoms with Crippen LogP contribution in [-0.4, -0.2) is 19.0 Å². The van der Waals surface area contributed by atoms with Gasteiger partial charge < -0.3 is 9.47 Å². The molecule has 19 heavy (non-hydrogen) atoms. The van der Waals surface area contributed by atoms with Gasteiger partial charge in [0, 0.05) is 17.4 Å². The predicted octanol–water partition coefficient (Wildman–Crippen LogP) is 2.69. The fourth-order valence-corrected chi connectivity index (χ4v) is 4.38. The summed E-state index contributed by atoms with van der Waals surface area (Å²) in [6.45, 7) is 6.65. The molecule has 3 heteroatoms. The minimum Gasteiger partial charge on any atom is -0.487 e. The molecule has 4 rings (SSSR count). The lowest BCUT2D eigenvalue weighted by Crippen LogP contribution is -2.54. The van der Waals surface area contributed by atoms with Gasteiger partial charge in [-0.3, -0.25) is 0 Å². The van der Waals surface area contributed by atoms with Gasteiger partial charge in [0.2, 0.25) is 0 Å². The molecule has 1 fully saturated rings. The normalized spacial score (nSPS) is 37.2. The predicted molar refractivity (Wildman–Crippen MR) is 75.7 cm³/mol. The van der Waals surface area contributed by atoms with Crippen LogP contribution in [0.3, 0.4) is 0 Å². The van der Waals surface area contributed by atoms with E-state index >= 15 is 0 Å². The van der Waals surface area contributed by atoms with Crippen molar-refractivity contribution in [1.29, 1.82) is 0 Å². The van der Waals surface area contributed by atoms with Crippen molar-refractivity contribution < 1.29 is 9.47 Å². The number of hydrogen-bond donors (Lipinski definition) is 0. The maximum atomic E-state index is 6.25. The molecular weight excluding hydrogens is 235 g/mol. The Bertz CT molecular complexity index is 549. The quantitative estimate of drug-likeness (QED) is 0.663. The maximum Gasteiger partial charge on any atom is 0.126 e. The number of fused-ring (bicyclic) bond motifs is 1. The average molecular weight is 254 g/mol. The van der Waals surface area contributed by atoms with Gasteiger partial charge in [-0.2, -0.15) is 0 Å². The summed E-state index contributed by atoms with van der Waals surface area (Å²) in [4.78, 5) is 0. The molecule has 2 radical (unpaired) electrons. The van der Waals surface area contributed by atoms with Crippen LogP contribution in [0.25, 0.3) is 0 Å². The van der Waals surface area contributed by atoms with Crippen LogP contribution in [-0.2, 0) is 0 Å². The minimum absolute atomic E-state index is 0.0212. The molecule has 2 heterocycles. The first kappa shape index (κ1) is 11.7. The van der Waals surface area contributed by atoms with E-state index in [2.05, 4.69) is 20.8 Å². The second kappa shape index (κ2) is 3.31. The van der Waals surface area contributed by atoms with Crippen LogP contribution in [0.5, 0.6) is 11.5 Å². The van der Waals surface area contributed by atoms with Gasteiger partial charge in [0.15, 0.2) is 0 Å². The van der Waals surface area contributed by atoms with Crippen molar-refractivity contribution in [3.63, 3.8) is 0 Å². The number of rotatable bonds is 0. The largest absolute Gasteiger partial charge is 0.487 e. The van der Waals surface area contributed by atoms with Crippen molar-refractivity contribution in [1.82, 2.24) is 0 Å². The summed E-state index contributed by atoms with van der Waals surface area (Å²) >= 11 is 0. The molecule has 2 aliphatic heterocycles. The highest BCUT2D eigenvalue weighted by Gasteiger charge is 2.53. The summed E-state index contributed by atoms with van der Waals surface area (Å²) < 4.78 is 12.5. The van der Waals surface area contributed by atoms with Crippen molar-refractivity contribution in [2.45, 2.75) is 57.2 Å². The van der Waals surface area contributed by atoms with Crippen molar-refractivity contribution in [3.8, 4) is 11.5 Å². The first-order chi connectivity index (χ1) is 8.88. The minimum atomic E-state index is -0.110. The molecule has 1 aromatic rings. The van der Waals surface area contributed by atoms with E-state index in [0.717, 1.165) is 29.8 Å². The smallest absolute Gasteiger partial charge is 0.126 e. The highest BCUT2D eigenvalue weighted by Crippen LogP contribution is 2.59. The molecule has 0 N–H and O–H groups in total. The average Bonchev–Trinajstić information content (AvgIpc) is 2.24. The van der Waals surface area contributed by atoms with E-state index in [9.17, 15) is 0 Å². The fourth-order valence-electron chi connectivity index (χ4n) is 4.38. The van der Waals surface area contributed by atoms with Crippen LogP contribution in [0.4, 0.5) is 0 Å². The highest BCUT2D eigenvalue weighted by molar-refractivity contribution is 6.32. The van der Waals surface area contributed by atoms with E-state index in [-0.39, 0.29) is 11.2 Å². The standard InChI is InChI=1S/C16H19BO2/c1-15(2)11-4-5-16(3)8-10(11)14-12(18-15)6-9(17)7-13(14)19-16/h6-7,10-11H,4-5,8H2,1-3H3. The van der Waals surface area contributed by atoms with Crippen LogP contribution in [0.1, 0.15) is 51.5 Å². The van der Waals surface area contributed by atoms with Gasteiger partial charge in [-0.1, -0.05) is 5.46 Å². The zero-order chi connectivity index (χ0) is 13.4. The molecule has 3 atom stereocenters. The second-order valence-electron chi connectivity index (χ2n) is 7.14. The van der Waals surface area contributed by atoms with Gasteiger partial charge in [0.25, 0.3) is 0 Å². The molecule has 2 nitrogen and oxygen atoms in total. The van der Waals surface area contributed by atoms with Crippen LogP contribution in [0.15, 0.2) is 12.1 Å². The van der Waals surface area contributed by atoms with Crippen LogP contribution < -0.4 is 14.9 Å². The molecule has 98 valence electrons. The van der Waals surface area contributed by atoms with E-state index in [1.165, 1.54) is 12.0 Å². The Morgan fingerprint density at radius 2 is 1.84 bits per heavy atom. The summed E-state index contributed by atoms with van der Waals surface area (Å²) in [5, 5.41) is 0. The molecule has 3 unspecified atom stereocenters. The first-order valence-electron chi connectivity index (χ1n) is 7.19. The van der Waals surface area contributed by atoms with Crippen LogP contribution >= 0.6 is 0 Å². The summed E-state index contributed by atoms with van der Waals surface area (Å²) in [5.74, 6) is 3.03. The maximum absolute atomic E-state index is 6.25. The third-order valence-corrected chi connectivity index (χ3v) is 5.24. The van der Waals surface area contributed by atoms with Crippen molar-refractivity contribution in [2.24, 2.45) is 5.92 Å². The monoisotopic (exact) mass is 254 g/mol. The van der Waals surface area contributed by atoms with Gasteiger partial charge in [-0.25, -0.2) is 0 Å². The van der Waals surface area contributed by atoms with Gasteiger partial charge >= 0.3 is 0 Å². The third kappa shape index (κ3) is 1.50. The summed E-state index contributed by atoms with van der Waals surface area (Å²) in [6, 6.07) is 3.92. The zero-order valence-electron chi connectivity index (χ0n) is 11.8. The molecule has 1 saturated carbocycles. The van der Waals surface area contributed by atoms with Gasteiger partial charge in [0.1, 0.15) is 30.5 Å². The van der Waals surface area contributed by atoms with Crippen molar-refractivity contribution >= 4 is 13.3 Å². The number of hydrogen-bond acceptors (Lipinski definition) is 2. The molecule has 1 aliphatic carbocycles. The van der Waals surface area contributed by atoms with Crippen molar-refractivity contribution in [2.75, 3.05) is 0 Å². The van der Waals surface area contributed by atoms with Gasteiger partial charge in [-0.15, -0.1) is 0 Å². The Balaban J connectivity index is 1.97. The third-order valence-electron chi connectivity index (χ3n) is 5.24. The van der Waals surface area contributed by atoms with Gasteiger partial charge in [0.05, 0.1) is 0 Å². The molecule has 0 amide bonds. The first-order valence-corrected chi connectivity index (χ1v) is 7.19. The van der Waals surface area contributed by atoms with E-state index in [0.29, 0.717) is 11.8 Å². The second-order valence-corrected chi connectivity index (χ2v) is 7.14.